The summed E-state index contributed by atoms with van der Waals surface area (Å²) in [7, 11) is 0. The van der Waals surface area contributed by atoms with Gasteiger partial charge in [0.15, 0.2) is 0 Å². The van der Waals surface area contributed by atoms with Gasteiger partial charge in [-0.25, -0.2) is 4.98 Å². The van der Waals surface area contributed by atoms with Crippen molar-refractivity contribution in [2.75, 3.05) is 5.32 Å². The van der Waals surface area contributed by atoms with E-state index in [0.29, 0.717) is 10.5 Å². The summed E-state index contributed by atoms with van der Waals surface area (Å²) in [6.45, 7) is 0. The number of rotatable bonds is 3. The second kappa shape index (κ2) is 6.60. The maximum atomic E-state index is 12.2. The third-order valence-corrected chi connectivity index (χ3v) is 3.57. The topological polar surface area (TPSA) is 51.2 Å². The SMILES string of the molecule is O=C(Nc1ccc2cccc(Cl)c2n1)c1ccc(OC(F)(F)F)cc1. The number of fused-ring (bicyclic) bond motifs is 1. The molecule has 0 bridgehead atoms. The van der Waals surface area contributed by atoms with Gasteiger partial charge in [-0.1, -0.05) is 23.7 Å². The second-order valence-corrected chi connectivity index (χ2v) is 5.44. The molecule has 0 fully saturated rings. The van der Waals surface area contributed by atoms with Gasteiger partial charge in [-0.2, -0.15) is 0 Å². The predicted molar refractivity (Wildman–Crippen MR) is 87.8 cm³/mol. The third-order valence-electron chi connectivity index (χ3n) is 3.26. The number of nitrogens with one attached hydrogen (secondary N) is 1. The van der Waals surface area contributed by atoms with Gasteiger partial charge in [0.1, 0.15) is 11.6 Å². The van der Waals surface area contributed by atoms with Crippen LogP contribution in [0.2, 0.25) is 5.02 Å². The number of para-hydroxylation sites is 1. The highest BCUT2D eigenvalue weighted by Crippen LogP contribution is 2.24. The van der Waals surface area contributed by atoms with Crippen molar-refractivity contribution >= 4 is 34.2 Å². The van der Waals surface area contributed by atoms with Gasteiger partial charge in [-0.15, -0.1) is 13.2 Å². The summed E-state index contributed by atoms with van der Waals surface area (Å²) in [6.07, 6.45) is -4.78. The maximum absolute atomic E-state index is 12.2. The first-order valence-corrected chi connectivity index (χ1v) is 7.42. The molecule has 1 aromatic heterocycles. The van der Waals surface area contributed by atoms with E-state index in [2.05, 4.69) is 15.0 Å². The summed E-state index contributed by atoms with van der Waals surface area (Å²) in [5, 5.41) is 3.84. The van der Waals surface area contributed by atoms with Crippen molar-refractivity contribution in [1.29, 1.82) is 0 Å². The van der Waals surface area contributed by atoms with Crippen molar-refractivity contribution in [3.8, 4) is 5.75 Å². The van der Waals surface area contributed by atoms with Crippen LogP contribution in [0, 0.1) is 0 Å². The van der Waals surface area contributed by atoms with Crippen LogP contribution in [0.1, 0.15) is 10.4 Å². The monoisotopic (exact) mass is 366 g/mol. The summed E-state index contributed by atoms with van der Waals surface area (Å²) < 4.78 is 40.1. The van der Waals surface area contributed by atoms with Crippen LogP contribution in [0.25, 0.3) is 10.9 Å². The molecule has 0 aliphatic rings. The molecule has 0 aliphatic carbocycles. The van der Waals surface area contributed by atoms with E-state index in [-0.39, 0.29) is 11.4 Å². The molecule has 3 rings (SSSR count). The zero-order valence-corrected chi connectivity index (χ0v) is 13.2. The first-order valence-electron chi connectivity index (χ1n) is 7.04. The van der Waals surface area contributed by atoms with Gasteiger partial charge in [-0.05, 0) is 42.5 Å². The van der Waals surface area contributed by atoms with Crippen LogP contribution in [-0.4, -0.2) is 17.3 Å². The van der Waals surface area contributed by atoms with Crippen LogP contribution >= 0.6 is 11.6 Å². The number of hydrogen-bond acceptors (Lipinski definition) is 3. The fourth-order valence-electron chi connectivity index (χ4n) is 2.18. The Hall–Kier alpha value is -2.80. The third kappa shape index (κ3) is 4.19. The molecule has 25 heavy (non-hydrogen) atoms. The highest BCUT2D eigenvalue weighted by atomic mass is 35.5. The van der Waals surface area contributed by atoms with Gasteiger partial charge >= 0.3 is 6.36 Å². The molecule has 0 atom stereocenters. The number of anilines is 1. The molecular weight excluding hydrogens is 357 g/mol. The Kier molecular flexibility index (Phi) is 4.50. The van der Waals surface area contributed by atoms with Crippen LogP contribution < -0.4 is 10.1 Å². The second-order valence-electron chi connectivity index (χ2n) is 5.03. The lowest BCUT2D eigenvalue weighted by atomic mass is 10.2. The van der Waals surface area contributed by atoms with E-state index >= 15 is 0 Å². The van der Waals surface area contributed by atoms with Crippen LogP contribution in [0.15, 0.2) is 54.6 Å². The van der Waals surface area contributed by atoms with Gasteiger partial charge in [0.25, 0.3) is 5.91 Å². The van der Waals surface area contributed by atoms with Crippen LogP contribution in [-0.2, 0) is 0 Å². The van der Waals surface area contributed by atoms with Crippen molar-refractivity contribution in [2.45, 2.75) is 6.36 Å². The van der Waals surface area contributed by atoms with E-state index in [0.717, 1.165) is 17.5 Å². The Labute approximate surface area is 145 Å². The molecule has 8 heteroatoms. The van der Waals surface area contributed by atoms with E-state index in [1.807, 2.05) is 6.07 Å². The molecule has 128 valence electrons. The molecule has 1 heterocycles. The molecule has 0 saturated heterocycles. The number of alkyl halides is 3. The van der Waals surface area contributed by atoms with Crippen molar-refractivity contribution in [3.63, 3.8) is 0 Å². The largest absolute Gasteiger partial charge is 0.573 e. The van der Waals surface area contributed by atoms with E-state index in [1.165, 1.54) is 12.1 Å². The number of carbonyl (C=O) groups is 1. The van der Waals surface area contributed by atoms with Gasteiger partial charge < -0.3 is 10.1 Å². The molecular formula is C17H10ClF3N2O2. The Morgan fingerprint density at radius 1 is 1.04 bits per heavy atom. The van der Waals surface area contributed by atoms with Crippen molar-refractivity contribution in [1.82, 2.24) is 4.98 Å². The molecule has 3 aromatic rings. The van der Waals surface area contributed by atoms with E-state index in [1.54, 1.807) is 24.3 Å². The molecule has 0 aliphatic heterocycles. The summed E-state index contributed by atoms with van der Waals surface area (Å²) in [6, 6.07) is 13.2. The Morgan fingerprint density at radius 2 is 1.76 bits per heavy atom. The van der Waals surface area contributed by atoms with Crippen LogP contribution in [0.5, 0.6) is 5.75 Å². The van der Waals surface area contributed by atoms with Gasteiger partial charge in [0.2, 0.25) is 0 Å². The standard InChI is InChI=1S/C17H10ClF3N2O2/c18-13-3-1-2-10-6-9-14(22-15(10)13)23-16(24)11-4-7-12(8-5-11)25-17(19,20)21/h1-9H,(H,22,23,24). The molecule has 2 aromatic carbocycles. The lowest BCUT2D eigenvalue weighted by Crippen LogP contribution is -2.17. The summed E-state index contributed by atoms with van der Waals surface area (Å²) in [5.41, 5.74) is 0.700. The Balaban J connectivity index is 1.77. The number of hydrogen-bond donors (Lipinski definition) is 1. The zero-order valence-electron chi connectivity index (χ0n) is 12.5. The first kappa shape index (κ1) is 17.0. The number of carbonyl (C=O) groups excluding carboxylic acids is 1. The number of aromatic nitrogens is 1. The normalized spacial score (nSPS) is 11.4. The Bertz CT molecular complexity index is 927. The lowest BCUT2D eigenvalue weighted by Gasteiger charge is -2.09. The highest BCUT2D eigenvalue weighted by molar-refractivity contribution is 6.35. The summed E-state index contributed by atoms with van der Waals surface area (Å²) in [4.78, 5) is 16.5. The fraction of sp³-hybridized carbons (Fsp3) is 0.0588. The fourth-order valence-corrected chi connectivity index (χ4v) is 2.40. The molecule has 0 saturated carbocycles. The zero-order chi connectivity index (χ0) is 18.0. The molecule has 0 radical (unpaired) electrons. The predicted octanol–water partition coefficient (Wildman–Crippen LogP) is 5.04. The van der Waals surface area contributed by atoms with Gasteiger partial charge in [0, 0.05) is 10.9 Å². The van der Waals surface area contributed by atoms with Gasteiger partial charge in [0.05, 0.1) is 10.5 Å². The first-order chi connectivity index (χ1) is 11.8. The highest BCUT2D eigenvalue weighted by Gasteiger charge is 2.31. The number of pyridine rings is 1. The number of halogens is 4. The number of nitrogens with zero attached hydrogens (tertiary/aromatic N) is 1. The maximum Gasteiger partial charge on any atom is 0.573 e. The number of amides is 1. The number of ether oxygens (including phenoxy) is 1. The average molecular weight is 367 g/mol. The Morgan fingerprint density at radius 3 is 2.44 bits per heavy atom. The van der Waals surface area contributed by atoms with Crippen molar-refractivity contribution < 1.29 is 22.7 Å². The lowest BCUT2D eigenvalue weighted by molar-refractivity contribution is -0.274. The van der Waals surface area contributed by atoms with Crippen LogP contribution in [0.4, 0.5) is 19.0 Å². The molecule has 1 amide bonds. The van der Waals surface area contributed by atoms with Gasteiger partial charge in [-0.3, -0.25) is 4.79 Å². The minimum atomic E-state index is -4.78. The van der Waals surface area contributed by atoms with E-state index in [9.17, 15) is 18.0 Å². The summed E-state index contributed by atoms with van der Waals surface area (Å²) in [5.74, 6) is -0.640. The molecule has 0 unspecified atom stereocenters. The molecule has 0 spiro atoms. The molecule has 1 N–H and O–H groups in total. The van der Waals surface area contributed by atoms with Crippen molar-refractivity contribution in [2.24, 2.45) is 0 Å². The number of benzene rings is 2. The van der Waals surface area contributed by atoms with Crippen molar-refractivity contribution in [3.05, 3.63) is 65.2 Å². The van der Waals surface area contributed by atoms with Crippen LogP contribution in [0.3, 0.4) is 0 Å². The average Bonchev–Trinajstić information content (AvgIpc) is 2.55. The van der Waals surface area contributed by atoms with E-state index < -0.39 is 18.0 Å². The van der Waals surface area contributed by atoms with E-state index in [4.69, 9.17) is 11.6 Å². The minimum Gasteiger partial charge on any atom is -0.406 e. The summed E-state index contributed by atoms with van der Waals surface area (Å²) >= 11 is 6.07. The smallest absolute Gasteiger partial charge is 0.406 e. The quantitative estimate of drug-likeness (QED) is 0.706. The minimum absolute atomic E-state index is 0.163. The molecule has 4 nitrogen and oxygen atoms in total.